The van der Waals surface area contributed by atoms with Crippen LogP contribution in [0.1, 0.15) is 46.6 Å². The van der Waals surface area contributed by atoms with Gasteiger partial charge in [-0.25, -0.2) is 4.98 Å². The third-order valence-electron chi connectivity index (χ3n) is 3.74. The molecule has 0 aromatic carbocycles. The Bertz CT molecular complexity index is 365. The molecular formula is C16H29N3. The van der Waals surface area contributed by atoms with Gasteiger partial charge in [-0.05, 0) is 37.4 Å². The SMILES string of the molecule is CCC(C)N(C)CCNc1ccc(C(C)(C)C)cn1. The highest BCUT2D eigenvalue weighted by Gasteiger charge is 2.13. The predicted molar refractivity (Wildman–Crippen MR) is 83.8 cm³/mol. The first kappa shape index (κ1) is 16.0. The van der Waals surface area contributed by atoms with Gasteiger partial charge in [0, 0.05) is 25.3 Å². The number of nitrogens with one attached hydrogen (secondary N) is 1. The molecule has 0 aliphatic heterocycles. The van der Waals surface area contributed by atoms with Crippen molar-refractivity contribution in [1.29, 1.82) is 0 Å². The fraction of sp³-hybridized carbons (Fsp3) is 0.688. The zero-order valence-corrected chi connectivity index (χ0v) is 13.3. The van der Waals surface area contributed by atoms with E-state index < -0.39 is 0 Å². The predicted octanol–water partition coefficient (Wildman–Crippen LogP) is 3.52. The van der Waals surface area contributed by atoms with Crippen molar-refractivity contribution in [2.45, 2.75) is 52.5 Å². The summed E-state index contributed by atoms with van der Waals surface area (Å²) in [6.07, 6.45) is 3.16. The number of likely N-dealkylation sites (N-methyl/N-ethyl adjacent to an activating group) is 1. The molecule has 0 spiro atoms. The van der Waals surface area contributed by atoms with E-state index in [1.54, 1.807) is 0 Å². The maximum Gasteiger partial charge on any atom is 0.125 e. The molecule has 1 atom stereocenters. The van der Waals surface area contributed by atoms with Crippen LogP contribution in [0.15, 0.2) is 18.3 Å². The second-order valence-corrected chi connectivity index (χ2v) is 6.35. The molecule has 0 aliphatic carbocycles. The summed E-state index contributed by atoms with van der Waals surface area (Å²) in [5, 5.41) is 3.38. The minimum absolute atomic E-state index is 0.169. The summed E-state index contributed by atoms with van der Waals surface area (Å²) in [6.45, 7) is 13.1. The lowest BCUT2D eigenvalue weighted by molar-refractivity contribution is 0.261. The van der Waals surface area contributed by atoms with Crippen LogP contribution in [0.3, 0.4) is 0 Å². The van der Waals surface area contributed by atoms with E-state index >= 15 is 0 Å². The number of hydrogen-bond donors (Lipinski definition) is 1. The molecule has 3 heteroatoms. The fourth-order valence-corrected chi connectivity index (χ4v) is 1.83. The van der Waals surface area contributed by atoms with Crippen LogP contribution in [0.4, 0.5) is 5.82 Å². The Morgan fingerprint density at radius 3 is 2.47 bits per heavy atom. The van der Waals surface area contributed by atoms with Crippen molar-refractivity contribution < 1.29 is 0 Å². The minimum Gasteiger partial charge on any atom is -0.369 e. The van der Waals surface area contributed by atoms with Crippen LogP contribution in [0, 0.1) is 0 Å². The molecule has 108 valence electrons. The van der Waals surface area contributed by atoms with Gasteiger partial charge in [0.15, 0.2) is 0 Å². The van der Waals surface area contributed by atoms with Crippen LogP contribution in [-0.4, -0.2) is 36.1 Å². The van der Waals surface area contributed by atoms with Gasteiger partial charge >= 0.3 is 0 Å². The van der Waals surface area contributed by atoms with E-state index in [1.807, 2.05) is 6.20 Å². The molecule has 1 aromatic heterocycles. The normalized spacial score (nSPS) is 13.6. The van der Waals surface area contributed by atoms with Crippen LogP contribution in [-0.2, 0) is 5.41 Å². The maximum atomic E-state index is 4.48. The van der Waals surface area contributed by atoms with Crippen LogP contribution in [0.5, 0.6) is 0 Å². The lowest BCUT2D eigenvalue weighted by Crippen LogP contribution is -2.32. The van der Waals surface area contributed by atoms with Crippen molar-refractivity contribution in [3.63, 3.8) is 0 Å². The molecule has 1 rings (SSSR count). The smallest absolute Gasteiger partial charge is 0.125 e. The lowest BCUT2D eigenvalue weighted by Gasteiger charge is -2.23. The Morgan fingerprint density at radius 2 is 2.00 bits per heavy atom. The van der Waals surface area contributed by atoms with Crippen LogP contribution in [0.2, 0.25) is 0 Å². The molecule has 0 saturated carbocycles. The van der Waals surface area contributed by atoms with Gasteiger partial charge in [-0.3, -0.25) is 0 Å². The van der Waals surface area contributed by atoms with Gasteiger partial charge in [0.2, 0.25) is 0 Å². The zero-order chi connectivity index (χ0) is 14.5. The van der Waals surface area contributed by atoms with Gasteiger partial charge in [0.25, 0.3) is 0 Å². The van der Waals surface area contributed by atoms with E-state index in [9.17, 15) is 0 Å². The van der Waals surface area contributed by atoms with E-state index in [-0.39, 0.29) is 5.41 Å². The summed E-state index contributed by atoms with van der Waals surface area (Å²) in [4.78, 5) is 6.85. The molecule has 19 heavy (non-hydrogen) atoms. The van der Waals surface area contributed by atoms with E-state index in [2.05, 4.69) is 69.0 Å². The Labute approximate surface area is 118 Å². The van der Waals surface area contributed by atoms with Gasteiger partial charge in [-0.15, -0.1) is 0 Å². The Balaban J connectivity index is 2.42. The Hall–Kier alpha value is -1.09. The largest absolute Gasteiger partial charge is 0.369 e. The van der Waals surface area contributed by atoms with Crippen molar-refractivity contribution in [1.82, 2.24) is 9.88 Å². The second-order valence-electron chi connectivity index (χ2n) is 6.35. The molecule has 1 aromatic rings. The van der Waals surface area contributed by atoms with Gasteiger partial charge in [-0.1, -0.05) is 33.8 Å². The lowest BCUT2D eigenvalue weighted by atomic mass is 9.88. The molecule has 1 N–H and O–H groups in total. The monoisotopic (exact) mass is 263 g/mol. The number of anilines is 1. The first-order valence-corrected chi connectivity index (χ1v) is 7.25. The summed E-state index contributed by atoms with van der Waals surface area (Å²) in [5.74, 6) is 0.963. The third kappa shape index (κ3) is 5.19. The highest BCUT2D eigenvalue weighted by molar-refractivity contribution is 5.37. The first-order valence-electron chi connectivity index (χ1n) is 7.25. The third-order valence-corrected chi connectivity index (χ3v) is 3.74. The summed E-state index contributed by atoms with van der Waals surface area (Å²) in [6, 6.07) is 4.87. The highest BCUT2D eigenvalue weighted by atomic mass is 15.1. The Kier molecular flexibility index (Phi) is 5.80. The van der Waals surface area contributed by atoms with Crippen LogP contribution in [0.25, 0.3) is 0 Å². The number of rotatable bonds is 6. The van der Waals surface area contributed by atoms with Crippen LogP contribution >= 0.6 is 0 Å². The van der Waals surface area contributed by atoms with Crippen LogP contribution < -0.4 is 5.32 Å². The summed E-state index contributed by atoms with van der Waals surface area (Å²) >= 11 is 0. The maximum absolute atomic E-state index is 4.48. The molecule has 0 aliphatic rings. The number of aromatic nitrogens is 1. The van der Waals surface area contributed by atoms with Gasteiger partial charge in [0.05, 0.1) is 0 Å². The standard InChI is InChI=1S/C16H29N3/c1-7-13(2)19(6)11-10-17-15-9-8-14(12-18-15)16(3,4)5/h8-9,12-13H,7,10-11H2,1-6H3,(H,17,18). The van der Waals surface area contributed by atoms with E-state index in [4.69, 9.17) is 0 Å². The summed E-state index contributed by atoms with van der Waals surface area (Å²) in [5.41, 5.74) is 1.44. The fourth-order valence-electron chi connectivity index (χ4n) is 1.83. The average Bonchev–Trinajstić information content (AvgIpc) is 2.37. The highest BCUT2D eigenvalue weighted by Crippen LogP contribution is 2.21. The zero-order valence-electron chi connectivity index (χ0n) is 13.3. The van der Waals surface area contributed by atoms with Gasteiger partial charge in [0.1, 0.15) is 5.82 Å². The second kappa shape index (κ2) is 6.90. The van der Waals surface area contributed by atoms with Crippen molar-refractivity contribution in [2.75, 3.05) is 25.5 Å². The molecule has 0 radical (unpaired) electrons. The molecule has 1 heterocycles. The number of pyridine rings is 1. The topological polar surface area (TPSA) is 28.2 Å². The van der Waals surface area contributed by atoms with Gasteiger partial charge < -0.3 is 10.2 Å². The van der Waals surface area contributed by atoms with Crippen molar-refractivity contribution in [2.24, 2.45) is 0 Å². The molecule has 3 nitrogen and oxygen atoms in total. The first-order chi connectivity index (χ1) is 8.84. The molecule has 0 amide bonds. The quantitative estimate of drug-likeness (QED) is 0.851. The molecule has 0 saturated heterocycles. The van der Waals surface area contributed by atoms with E-state index in [1.165, 1.54) is 12.0 Å². The number of nitrogens with zero attached hydrogens (tertiary/aromatic N) is 2. The van der Waals surface area contributed by atoms with Crippen molar-refractivity contribution in [3.8, 4) is 0 Å². The molecule has 0 bridgehead atoms. The summed E-state index contributed by atoms with van der Waals surface area (Å²) in [7, 11) is 2.17. The molecule has 1 unspecified atom stereocenters. The molecule has 0 fully saturated rings. The van der Waals surface area contributed by atoms with Crippen molar-refractivity contribution in [3.05, 3.63) is 23.9 Å². The van der Waals surface area contributed by atoms with E-state index in [0.29, 0.717) is 6.04 Å². The summed E-state index contributed by atoms with van der Waals surface area (Å²) < 4.78 is 0. The minimum atomic E-state index is 0.169. The van der Waals surface area contributed by atoms with Gasteiger partial charge in [-0.2, -0.15) is 0 Å². The average molecular weight is 263 g/mol. The Morgan fingerprint density at radius 1 is 1.32 bits per heavy atom. The van der Waals surface area contributed by atoms with E-state index in [0.717, 1.165) is 18.9 Å². The number of hydrogen-bond acceptors (Lipinski definition) is 3. The molecular weight excluding hydrogens is 234 g/mol. The van der Waals surface area contributed by atoms with Crippen molar-refractivity contribution >= 4 is 5.82 Å².